The van der Waals surface area contributed by atoms with Crippen molar-refractivity contribution in [3.63, 3.8) is 0 Å². The van der Waals surface area contributed by atoms with E-state index in [1.807, 2.05) is 6.92 Å². The summed E-state index contributed by atoms with van der Waals surface area (Å²) in [5.41, 5.74) is 0. The van der Waals surface area contributed by atoms with Gasteiger partial charge in [0, 0.05) is 0 Å². The summed E-state index contributed by atoms with van der Waals surface area (Å²) in [4.78, 5) is 0. The first-order chi connectivity index (χ1) is 4.72. The van der Waals surface area contributed by atoms with Gasteiger partial charge in [-0.1, -0.05) is 0 Å². The van der Waals surface area contributed by atoms with Gasteiger partial charge in [0.2, 0.25) is 0 Å². The van der Waals surface area contributed by atoms with E-state index in [0.29, 0.717) is 9.13 Å². The molecule has 0 aliphatic carbocycles. The number of halogens is 1. The fourth-order valence-corrected chi connectivity index (χ4v) is 5.69. The van der Waals surface area contributed by atoms with Crippen LogP contribution in [-0.2, 0) is 23.4 Å². The molecule has 58 valence electrons. The average Bonchev–Trinajstić information content (AvgIpc) is 1.89. The van der Waals surface area contributed by atoms with Crippen LogP contribution in [0.3, 0.4) is 0 Å². The zero-order chi connectivity index (χ0) is 7.98. The molecule has 1 atom stereocenters. The van der Waals surface area contributed by atoms with Crippen LogP contribution < -0.4 is 0 Å². The van der Waals surface area contributed by atoms with E-state index in [9.17, 15) is 3.57 Å². The molecule has 10 heavy (non-hydrogen) atoms. The minimum atomic E-state index is -2.70. The van der Waals surface area contributed by atoms with Crippen molar-refractivity contribution in [1.82, 2.24) is 0 Å². The third-order valence-electron chi connectivity index (χ3n) is 1.37. The summed E-state index contributed by atoms with van der Waals surface area (Å²) in [6.45, 7) is 4.62. The third kappa shape index (κ3) is 4.86. The number of hydrogen-bond donors (Lipinski definition) is 0. The number of alkyl halides is 1. The van der Waals surface area contributed by atoms with E-state index >= 15 is 0 Å². The Bertz CT molecular complexity index is 108. The zero-order valence-corrected chi connectivity index (χ0v) is 11.7. The van der Waals surface area contributed by atoms with E-state index in [1.165, 1.54) is 0 Å². The van der Waals surface area contributed by atoms with E-state index in [0.717, 1.165) is 12.8 Å². The summed E-state index contributed by atoms with van der Waals surface area (Å²) in [6, 6.07) is 0. The summed E-state index contributed by atoms with van der Waals surface area (Å²) < 4.78 is 16.6. The van der Waals surface area contributed by atoms with Gasteiger partial charge in [0.15, 0.2) is 0 Å². The van der Waals surface area contributed by atoms with E-state index in [2.05, 4.69) is 29.5 Å². The first kappa shape index (κ1) is 11.1. The van der Waals surface area contributed by atoms with Gasteiger partial charge in [-0.25, -0.2) is 0 Å². The van der Waals surface area contributed by atoms with Gasteiger partial charge in [0.1, 0.15) is 0 Å². The second-order valence-electron chi connectivity index (χ2n) is 2.33. The van der Waals surface area contributed by atoms with Crippen LogP contribution in [0.2, 0.25) is 0 Å². The molecule has 2 nitrogen and oxygen atoms in total. The Morgan fingerprint density at radius 1 is 1.60 bits per heavy atom. The van der Waals surface area contributed by atoms with Gasteiger partial charge in [-0.3, -0.25) is 0 Å². The molecule has 0 aromatic heterocycles. The van der Waals surface area contributed by atoms with Crippen LogP contribution in [0.5, 0.6) is 0 Å². The molecule has 0 amide bonds. The SMILES string of the molecule is CCC[CH](I)[Zn](=[O])[O]CC. The molecule has 0 aliphatic rings. The quantitative estimate of drug-likeness (QED) is 0.443. The van der Waals surface area contributed by atoms with Crippen molar-refractivity contribution in [2.45, 2.75) is 29.2 Å². The predicted molar refractivity (Wildman–Crippen MR) is 45.0 cm³/mol. The molecule has 0 aromatic rings. The molecule has 0 saturated heterocycles. The molecule has 0 fully saturated rings. The van der Waals surface area contributed by atoms with Crippen LogP contribution in [0.15, 0.2) is 0 Å². The second-order valence-corrected chi connectivity index (χ2v) is 12.4. The molecule has 0 radical (unpaired) electrons. The van der Waals surface area contributed by atoms with Gasteiger partial charge < -0.3 is 0 Å². The van der Waals surface area contributed by atoms with Crippen molar-refractivity contribution >= 4 is 22.6 Å². The molecule has 0 bridgehead atoms. The van der Waals surface area contributed by atoms with Crippen LogP contribution in [-0.4, -0.2) is 9.13 Å². The zero-order valence-electron chi connectivity index (χ0n) is 6.60. The van der Waals surface area contributed by atoms with Gasteiger partial charge in [-0.2, -0.15) is 0 Å². The van der Waals surface area contributed by atoms with Crippen LogP contribution in [0.1, 0.15) is 26.7 Å². The molecule has 0 aliphatic heterocycles. The van der Waals surface area contributed by atoms with Crippen LogP contribution >= 0.6 is 22.6 Å². The Labute approximate surface area is 81.4 Å². The second kappa shape index (κ2) is 6.80. The Balaban J connectivity index is 3.49. The molecule has 0 N–H and O–H groups in total. The standard InChI is InChI=1S/C4H8I.C2H5O.O.Zn/c1-2-3-4-5;1-2-3;;/h4H,2-3H2,1H3;2H2,1H3;;/q;-1;;+1. The molecule has 0 rings (SSSR count). The van der Waals surface area contributed by atoms with Gasteiger partial charge in [-0.05, 0) is 0 Å². The van der Waals surface area contributed by atoms with Gasteiger partial charge >= 0.3 is 81.8 Å². The summed E-state index contributed by atoms with van der Waals surface area (Å²) in [7, 11) is 0. The van der Waals surface area contributed by atoms with Crippen LogP contribution in [0.4, 0.5) is 0 Å². The summed E-state index contributed by atoms with van der Waals surface area (Å²) in [5.74, 6) is 0. The Hall–Kier alpha value is 1.11. The van der Waals surface area contributed by atoms with Crippen LogP contribution in [0, 0.1) is 0 Å². The molecule has 0 spiro atoms. The molecule has 4 heteroatoms. The number of rotatable bonds is 5. The third-order valence-corrected chi connectivity index (χ3v) is 9.80. The number of hydrogen-bond acceptors (Lipinski definition) is 2. The van der Waals surface area contributed by atoms with Crippen molar-refractivity contribution in [3.05, 3.63) is 0 Å². The van der Waals surface area contributed by atoms with Crippen LogP contribution in [0.25, 0.3) is 0 Å². The Morgan fingerprint density at radius 2 is 2.20 bits per heavy atom. The summed E-state index contributed by atoms with van der Waals surface area (Å²) in [6.07, 6.45) is 2.15. The van der Waals surface area contributed by atoms with Crippen molar-refractivity contribution in [2.24, 2.45) is 0 Å². The molecule has 1 unspecified atom stereocenters. The Kier molecular flexibility index (Phi) is 7.56. The monoisotopic (exact) mass is 308 g/mol. The summed E-state index contributed by atoms with van der Waals surface area (Å²) >= 11 is -0.456. The van der Waals surface area contributed by atoms with E-state index < -0.39 is 16.3 Å². The minimum absolute atomic E-state index is 0.336. The molecule has 0 heterocycles. The molecule has 0 aromatic carbocycles. The fraction of sp³-hybridized carbons (Fsp3) is 1.00. The molecular formula is C6H13IO2Zn. The predicted octanol–water partition coefficient (Wildman–Crippen LogP) is 2.46. The Morgan fingerprint density at radius 3 is 2.60 bits per heavy atom. The first-order valence-electron chi connectivity index (χ1n) is 3.81. The van der Waals surface area contributed by atoms with Crippen molar-refractivity contribution in [2.75, 3.05) is 6.61 Å². The van der Waals surface area contributed by atoms with Crippen molar-refractivity contribution in [3.8, 4) is 0 Å². The van der Waals surface area contributed by atoms with Gasteiger partial charge in [0.05, 0.1) is 0 Å². The molecule has 0 saturated carbocycles. The van der Waals surface area contributed by atoms with Gasteiger partial charge in [-0.15, -0.1) is 0 Å². The maximum atomic E-state index is 11.2. The first-order valence-corrected chi connectivity index (χ1v) is 9.20. The molecular weight excluding hydrogens is 296 g/mol. The van der Waals surface area contributed by atoms with Crippen molar-refractivity contribution in [1.29, 1.82) is 0 Å². The van der Waals surface area contributed by atoms with E-state index in [-0.39, 0.29) is 0 Å². The average molecular weight is 309 g/mol. The van der Waals surface area contributed by atoms with E-state index in [4.69, 9.17) is 3.56 Å². The van der Waals surface area contributed by atoms with Gasteiger partial charge in [0.25, 0.3) is 0 Å². The fourth-order valence-electron chi connectivity index (χ4n) is 0.809. The topological polar surface area (TPSA) is 26.3 Å². The maximum absolute atomic E-state index is 11.2. The normalized spacial score (nSPS) is 12.2. The van der Waals surface area contributed by atoms with Crippen molar-refractivity contribution < 1.29 is 23.4 Å². The summed E-state index contributed by atoms with van der Waals surface area (Å²) in [5, 5.41) is 0. The van der Waals surface area contributed by atoms with E-state index in [1.54, 1.807) is 0 Å².